The minimum absolute atomic E-state index is 0.264. The number of likely N-dealkylation sites (tertiary alicyclic amines) is 1. The number of hydrogen-bond donors (Lipinski definition) is 0. The predicted molar refractivity (Wildman–Crippen MR) is 106 cm³/mol. The van der Waals surface area contributed by atoms with Gasteiger partial charge in [-0.25, -0.2) is 4.39 Å². The zero-order chi connectivity index (χ0) is 17.5. The molecule has 2 nitrogen and oxygen atoms in total. The third-order valence-corrected chi connectivity index (χ3v) is 5.26. The fraction of sp³-hybridized carbons (Fsp3) is 0.333. The first kappa shape index (κ1) is 18.2. The average molecular weight is 404 g/mol. The molecule has 1 fully saturated rings. The van der Waals surface area contributed by atoms with E-state index in [0.717, 1.165) is 17.9 Å². The molecule has 0 spiro atoms. The number of halogens is 2. The van der Waals surface area contributed by atoms with Crippen molar-refractivity contribution in [2.24, 2.45) is 0 Å². The molecular weight excluding hydrogens is 381 g/mol. The second-order valence-corrected chi connectivity index (χ2v) is 7.06. The van der Waals surface area contributed by atoms with E-state index < -0.39 is 0 Å². The van der Waals surface area contributed by atoms with E-state index in [0.29, 0.717) is 16.7 Å². The Morgan fingerprint density at radius 2 is 1.60 bits per heavy atom. The number of rotatable bonds is 6. The fourth-order valence-electron chi connectivity index (χ4n) is 3.01. The normalized spacial score (nSPS) is 16.4. The quantitative estimate of drug-likeness (QED) is 0.569. The highest BCUT2D eigenvalue weighted by atomic mass is 79.9. The van der Waals surface area contributed by atoms with E-state index in [4.69, 9.17) is 4.74 Å². The Kier molecular flexibility index (Phi) is 6.65. The van der Waals surface area contributed by atoms with E-state index in [-0.39, 0.29) is 5.83 Å². The van der Waals surface area contributed by atoms with Gasteiger partial charge in [0.2, 0.25) is 0 Å². The molecule has 2 aromatic carbocycles. The van der Waals surface area contributed by atoms with Crippen LogP contribution in [0.3, 0.4) is 0 Å². The lowest BCUT2D eigenvalue weighted by molar-refractivity contribution is 0.183. The van der Waals surface area contributed by atoms with Crippen molar-refractivity contribution in [1.82, 2.24) is 4.90 Å². The minimum Gasteiger partial charge on any atom is -0.492 e. The molecule has 1 aliphatic rings. The van der Waals surface area contributed by atoms with Crippen LogP contribution in [-0.4, -0.2) is 31.1 Å². The predicted octanol–water partition coefficient (Wildman–Crippen LogP) is 5.74. The highest BCUT2D eigenvalue weighted by Crippen LogP contribution is 2.32. The molecule has 1 aliphatic heterocycles. The van der Waals surface area contributed by atoms with Crippen molar-refractivity contribution < 1.29 is 9.13 Å². The van der Waals surface area contributed by atoms with Crippen molar-refractivity contribution in [3.63, 3.8) is 0 Å². The maximum atomic E-state index is 14.5. The number of benzene rings is 2. The first-order valence-electron chi connectivity index (χ1n) is 8.80. The molecule has 0 bridgehead atoms. The van der Waals surface area contributed by atoms with Crippen LogP contribution in [0.1, 0.15) is 30.4 Å². The van der Waals surface area contributed by atoms with Crippen LogP contribution in [0.2, 0.25) is 0 Å². The van der Waals surface area contributed by atoms with Crippen LogP contribution >= 0.6 is 15.9 Å². The molecule has 1 heterocycles. The van der Waals surface area contributed by atoms with Gasteiger partial charge in [0.05, 0.1) is 4.48 Å². The van der Waals surface area contributed by atoms with Gasteiger partial charge >= 0.3 is 0 Å². The van der Waals surface area contributed by atoms with Gasteiger partial charge < -0.3 is 4.74 Å². The topological polar surface area (TPSA) is 12.5 Å². The molecule has 0 N–H and O–H groups in total. The van der Waals surface area contributed by atoms with Gasteiger partial charge in [-0.1, -0.05) is 48.9 Å². The molecule has 0 aromatic heterocycles. The lowest BCUT2D eigenvalue weighted by Crippen LogP contribution is -2.33. The zero-order valence-electron chi connectivity index (χ0n) is 14.3. The smallest absolute Gasteiger partial charge is 0.145 e. The van der Waals surface area contributed by atoms with E-state index in [1.807, 2.05) is 42.5 Å². The molecule has 0 radical (unpaired) electrons. The lowest BCUT2D eigenvalue weighted by atomic mass is 10.1. The molecule has 3 rings (SSSR count). The van der Waals surface area contributed by atoms with E-state index in [9.17, 15) is 4.39 Å². The first-order valence-corrected chi connectivity index (χ1v) is 9.59. The van der Waals surface area contributed by atoms with Gasteiger partial charge in [0.25, 0.3) is 0 Å². The molecule has 0 atom stereocenters. The van der Waals surface area contributed by atoms with Gasteiger partial charge in [-0.2, -0.15) is 0 Å². The Labute approximate surface area is 157 Å². The number of hydrogen-bond acceptors (Lipinski definition) is 2. The molecule has 1 saturated heterocycles. The van der Waals surface area contributed by atoms with Crippen LogP contribution in [0, 0.1) is 0 Å². The summed E-state index contributed by atoms with van der Waals surface area (Å²) in [6.07, 6.45) is 3.94. The summed E-state index contributed by atoms with van der Waals surface area (Å²) in [5.74, 6) is 0.556. The Morgan fingerprint density at radius 3 is 2.28 bits per heavy atom. The molecular formula is C21H23BrFNO. The molecule has 25 heavy (non-hydrogen) atoms. The summed E-state index contributed by atoms with van der Waals surface area (Å²) >= 11 is 3.37. The van der Waals surface area contributed by atoms with Gasteiger partial charge in [0.1, 0.15) is 18.2 Å². The van der Waals surface area contributed by atoms with Crippen LogP contribution in [0.15, 0.2) is 54.6 Å². The fourth-order valence-corrected chi connectivity index (χ4v) is 3.50. The molecule has 0 saturated carbocycles. The second kappa shape index (κ2) is 9.16. The van der Waals surface area contributed by atoms with Gasteiger partial charge in [-0.15, -0.1) is 0 Å². The maximum Gasteiger partial charge on any atom is 0.145 e. The van der Waals surface area contributed by atoms with Crippen molar-refractivity contribution in [3.8, 4) is 5.75 Å². The summed E-state index contributed by atoms with van der Waals surface area (Å²) in [6, 6.07) is 16.6. The number of piperidine rings is 1. The Balaban J connectivity index is 1.58. The van der Waals surface area contributed by atoms with Crippen molar-refractivity contribution in [1.29, 1.82) is 0 Å². The van der Waals surface area contributed by atoms with E-state index in [1.54, 1.807) is 12.1 Å². The highest BCUT2D eigenvalue weighted by molar-refractivity contribution is 9.15. The van der Waals surface area contributed by atoms with Crippen LogP contribution in [0.4, 0.5) is 4.39 Å². The van der Waals surface area contributed by atoms with Crippen LogP contribution in [-0.2, 0) is 0 Å². The van der Waals surface area contributed by atoms with Crippen LogP contribution in [0.25, 0.3) is 10.3 Å². The Hall–Kier alpha value is -1.65. The Morgan fingerprint density at radius 1 is 0.920 bits per heavy atom. The molecule has 0 unspecified atom stereocenters. The third kappa shape index (κ3) is 5.16. The summed E-state index contributed by atoms with van der Waals surface area (Å²) in [4.78, 5) is 2.45. The maximum absolute atomic E-state index is 14.5. The highest BCUT2D eigenvalue weighted by Gasteiger charge is 2.10. The standard InChI is InChI=1S/C21H23BrFNO/c22-20(21(23)18-7-3-1-4-8-18)17-9-11-19(12-10-17)25-16-15-24-13-5-2-6-14-24/h1,3-4,7-12H,2,5-6,13-16H2/b21-20-. The SMILES string of the molecule is F/C(=C(\Br)c1ccc(OCCN2CCCCC2)cc1)c1ccccc1. The van der Waals surface area contributed by atoms with E-state index in [2.05, 4.69) is 20.8 Å². The van der Waals surface area contributed by atoms with Gasteiger partial charge in [-0.05, 0) is 59.6 Å². The van der Waals surface area contributed by atoms with E-state index >= 15 is 0 Å². The molecule has 132 valence electrons. The van der Waals surface area contributed by atoms with E-state index in [1.165, 1.54) is 32.4 Å². The first-order chi connectivity index (χ1) is 12.2. The molecule has 0 amide bonds. The summed E-state index contributed by atoms with van der Waals surface area (Å²) in [5, 5.41) is 0. The van der Waals surface area contributed by atoms with Crippen molar-refractivity contribution in [2.45, 2.75) is 19.3 Å². The lowest BCUT2D eigenvalue weighted by Gasteiger charge is -2.26. The second-order valence-electron chi connectivity index (χ2n) is 6.27. The van der Waals surface area contributed by atoms with Gasteiger partial charge in [0, 0.05) is 12.1 Å². The van der Waals surface area contributed by atoms with Crippen molar-refractivity contribution >= 4 is 26.2 Å². The monoisotopic (exact) mass is 403 g/mol. The molecule has 2 aromatic rings. The van der Waals surface area contributed by atoms with Crippen molar-refractivity contribution in [3.05, 3.63) is 65.7 Å². The molecule has 4 heteroatoms. The summed E-state index contributed by atoms with van der Waals surface area (Å²) < 4.78 is 20.8. The van der Waals surface area contributed by atoms with Crippen LogP contribution in [0.5, 0.6) is 5.75 Å². The van der Waals surface area contributed by atoms with Crippen LogP contribution < -0.4 is 4.74 Å². The van der Waals surface area contributed by atoms with Gasteiger partial charge in [0.15, 0.2) is 0 Å². The summed E-state index contributed by atoms with van der Waals surface area (Å²) in [7, 11) is 0. The summed E-state index contributed by atoms with van der Waals surface area (Å²) in [5.41, 5.74) is 1.36. The summed E-state index contributed by atoms with van der Waals surface area (Å²) in [6.45, 7) is 4.01. The third-order valence-electron chi connectivity index (χ3n) is 4.45. The number of nitrogens with zero attached hydrogens (tertiary/aromatic N) is 1. The minimum atomic E-state index is -0.264. The van der Waals surface area contributed by atoms with Crippen molar-refractivity contribution in [2.75, 3.05) is 26.2 Å². The molecule has 0 aliphatic carbocycles. The largest absolute Gasteiger partial charge is 0.492 e. The zero-order valence-corrected chi connectivity index (χ0v) is 15.8. The number of ether oxygens (including phenoxy) is 1. The Bertz CT molecular complexity index is 694. The van der Waals surface area contributed by atoms with Gasteiger partial charge in [-0.3, -0.25) is 4.90 Å². The average Bonchev–Trinajstić information content (AvgIpc) is 2.69.